The minimum atomic E-state index is -3.59. The van der Waals surface area contributed by atoms with E-state index in [4.69, 9.17) is 9.72 Å². The minimum absolute atomic E-state index is 0.0157. The van der Waals surface area contributed by atoms with Crippen LogP contribution in [0.25, 0.3) is 10.2 Å². The molecule has 9 heteroatoms. The zero-order chi connectivity index (χ0) is 25.4. The number of nitrogens with zero attached hydrogens (tertiary/aromatic N) is 3. The number of aromatic nitrogens is 1. The van der Waals surface area contributed by atoms with E-state index in [-0.39, 0.29) is 22.9 Å². The summed E-state index contributed by atoms with van der Waals surface area (Å²) in [6, 6.07) is 10.5. The summed E-state index contributed by atoms with van der Waals surface area (Å²) >= 11 is 1.50. The molecule has 0 saturated carbocycles. The van der Waals surface area contributed by atoms with Gasteiger partial charge in [0.25, 0.3) is 5.91 Å². The summed E-state index contributed by atoms with van der Waals surface area (Å²) in [5.41, 5.74) is 3.58. The average Bonchev–Trinajstić information content (AvgIpc) is 3.52. The van der Waals surface area contributed by atoms with Gasteiger partial charge in [-0.3, -0.25) is 9.69 Å². The van der Waals surface area contributed by atoms with Gasteiger partial charge in [0.05, 0.1) is 27.8 Å². The maximum atomic E-state index is 13.8. The van der Waals surface area contributed by atoms with Crippen molar-refractivity contribution in [2.45, 2.75) is 69.9 Å². The van der Waals surface area contributed by atoms with E-state index in [1.54, 1.807) is 33.5 Å². The number of amides is 1. The largest absolute Gasteiger partial charge is 0.376 e. The van der Waals surface area contributed by atoms with E-state index >= 15 is 0 Å². The lowest BCUT2D eigenvalue weighted by Gasteiger charge is -2.32. The molecule has 1 amide bonds. The van der Waals surface area contributed by atoms with Crippen molar-refractivity contribution in [2.24, 2.45) is 0 Å². The summed E-state index contributed by atoms with van der Waals surface area (Å²) < 4.78 is 34.9. The molecule has 3 heterocycles. The van der Waals surface area contributed by atoms with Crippen LogP contribution in [0.4, 0.5) is 5.13 Å². The van der Waals surface area contributed by atoms with Crippen molar-refractivity contribution >= 4 is 42.6 Å². The lowest BCUT2D eigenvalue weighted by atomic mass is 10.1. The highest BCUT2D eigenvalue weighted by Crippen LogP contribution is 2.33. The van der Waals surface area contributed by atoms with Crippen LogP contribution >= 0.6 is 11.3 Å². The molecule has 0 radical (unpaired) electrons. The number of benzene rings is 2. The average molecular weight is 528 g/mol. The van der Waals surface area contributed by atoms with Crippen LogP contribution in [0.2, 0.25) is 0 Å². The molecule has 2 atom stereocenters. The number of piperidine rings is 1. The Balaban J connectivity index is 1.45. The minimum Gasteiger partial charge on any atom is -0.376 e. The molecular formula is C27H33N3O4S2. The van der Waals surface area contributed by atoms with Gasteiger partial charge >= 0.3 is 0 Å². The Morgan fingerprint density at radius 1 is 1.14 bits per heavy atom. The lowest BCUT2D eigenvalue weighted by molar-refractivity contribution is 0.0917. The van der Waals surface area contributed by atoms with Gasteiger partial charge in [0.1, 0.15) is 0 Å². The van der Waals surface area contributed by atoms with Crippen LogP contribution in [0.15, 0.2) is 41.3 Å². The molecule has 0 N–H and O–H groups in total. The van der Waals surface area contributed by atoms with E-state index < -0.39 is 10.0 Å². The first-order chi connectivity index (χ1) is 17.2. The molecule has 7 nitrogen and oxygen atoms in total. The van der Waals surface area contributed by atoms with Crippen molar-refractivity contribution in [3.63, 3.8) is 0 Å². The Morgan fingerprint density at radius 3 is 2.61 bits per heavy atom. The molecule has 2 aromatic carbocycles. The SMILES string of the molecule is Cc1cc(C)c2nc(N(CC3CCCO3)C(=O)c3ccc(S(=O)(=O)N4CCCCC4C)cc3)sc2c1. The van der Waals surface area contributed by atoms with Crippen LogP contribution in [0.3, 0.4) is 0 Å². The third-order valence-corrected chi connectivity index (χ3v) is 10.2. The molecule has 2 saturated heterocycles. The quantitative estimate of drug-likeness (QED) is 0.435. The smallest absolute Gasteiger partial charge is 0.260 e. The van der Waals surface area contributed by atoms with Gasteiger partial charge in [0, 0.05) is 24.8 Å². The number of rotatable bonds is 6. The van der Waals surface area contributed by atoms with Crippen molar-refractivity contribution < 1.29 is 17.9 Å². The molecule has 192 valence electrons. The normalized spacial score (nSPS) is 21.2. The summed E-state index contributed by atoms with van der Waals surface area (Å²) in [7, 11) is -3.59. The molecule has 0 spiro atoms. The Hall–Kier alpha value is -2.33. The fourth-order valence-corrected chi connectivity index (χ4v) is 8.05. The standard InChI is InChI=1S/C27H33N3O4S2/c1-18-15-19(2)25-24(16-18)35-27(28-25)29(17-22-8-6-14-34-22)26(31)21-9-11-23(12-10-21)36(32,33)30-13-5-4-7-20(30)3/h9-12,15-16,20,22H,4-8,13-14,17H2,1-3H3. The third-order valence-electron chi connectivity index (χ3n) is 7.15. The highest BCUT2D eigenvalue weighted by molar-refractivity contribution is 7.89. The van der Waals surface area contributed by atoms with Crippen LogP contribution in [0.1, 0.15) is 60.5 Å². The number of carbonyl (C=O) groups excluding carboxylic acids is 1. The number of aryl methyl sites for hydroxylation is 2. The molecule has 3 aromatic rings. The van der Waals surface area contributed by atoms with Gasteiger partial charge in [0.15, 0.2) is 5.13 Å². The molecule has 0 bridgehead atoms. The molecule has 2 fully saturated rings. The second kappa shape index (κ2) is 10.2. The number of ether oxygens (including phenoxy) is 1. The van der Waals surface area contributed by atoms with Crippen molar-refractivity contribution in [3.8, 4) is 0 Å². The molecule has 5 rings (SSSR count). The number of thiazole rings is 1. The monoisotopic (exact) mass is 527 g/mol. The summed E-state index contributed by atoms with van der Waals surface area (Å²) in [4.78, 5) is 20.5. The predicted octanol–water partition coefficient (Wildman–Crippen LogP) is 5.30. The van der Waals surface area contributed by atoms with Crippen molar-refractivity contribution in [1.82, 2.24) is 9.29 Å². The summed E-state index contributed by atoms with van der Waals surface area (Å²) in [6.07, 6.45) is 4.63. The van der Waals surface area contributed by atoms with Crippen molar-refractivity contribution in [1.29, 1.82) is 0 Å². The van der Waals surface area contributed by atoms with Crippen LogP contribution in [-0.4, -0.2) is 55.5 Å². The van der Waals surface area contributed by atoms with Gasteiger partial charge in [0.2, 0.25) is 10.0 Å². The first-order valence-electron chi connectivity index (χ1n) is 12.7. The first-order valence-corrected chi connectivity index (χ1v) is 14.9. The summed E-state index contributed by atoms with van der Waals surface area (Å²) in [5, 5.41) is 0.637. The van der Waals surface area contributed by atoms with Gasteiger partial charge in [-0.1, -0.05) is 23.8 Å². The Labute approximate surface area is 217 Å². The first kappa shape index (κ1) is 25.3. The van der Waals surface area contributed by atoms with Crippen molar-refractivity contribution in [3.05, 3.63) is 53.1 Å². The molecule has 0 aliphatic carbocycles. The van der Waals surface area contributed by atoms with E-state index in [1.807, 2.05) is 13.8 Å². The zero-order valence-electron chi connectivity index (χ0n) is 21.1. The molecule has 2 unspecified atom stereocenters. The summed E-state index contributed by atoms with van der Waals surface area (Å²) in [5.74, 6) is -0.200. The van der Waals surface area contributed by atoms with Crippen LogP contribution in [0, 0.1) is 13.8 Å². The highest BCUT2D eigenvalue weighted by atomic mass is 32.2. The maximum absolute atomic E-state index is 13.8. The van der Waals surface area contributed by atoms with E-state index in [0.717, 1.165) is 53.4 Å². The Kier molecular flexibility index (Phi) is 7.18. The molecule has 1 aromatic heterocycles. The molecule has 2 aliphatic rings. The topological polar surface area (TPSA) is 79.8 Å². The third kappa shape index (κ3) is 4.94. The van der Waals surface area contributed by atoms with E-state index in [1.165, 1.54) is 11.3 Å². The number of sulfonamides is 1. The van der Waals surface area contributed by atoms with E-state index in [0.29, 0.717) is 30.4 Å². The van der Waals surface area contributed by atoms with Gasteiger partial charge in [-0.15, -0.1) is 0 Å². The summed E-state index contributed by atoms with van der Waals surface area (Å²) in [6.45, 7) is 7.71. The van der Waals surface area contributed by atoms with Gasteiger partial charge in [-0.25, -0.2) is 13.4 Å². The van der Waals surface area contributed by atoms with Gasteiger partial charge in [-0.05, 0) is 87.9 Å². The zero-order valence-corrected chi connectivity index (χ0v) is 22.7. The van der Waals surface area contributed by atoms with Gasteiger partial charge < -0.3 is 4.74 Å². The fraction of sp³-hybridized carbons (Fsp3) is 0.481. The number of fused-ring (bicyclic) bond motifs is 1. The number of anilines is 1. The maximum Gasteiger partial charge on any atom is 0.260 e. The van der Waals surface area contributed by atoms with Crippen LogP contribution in [-0.2, 0) is 14.8 Å². The molecule has 36 heavy (non-hydrogen) atoms. The molecular weight excluding hydrogens is 494 g/mol. The lowest BCUT2D eigenvalue weighted by Crippen LogP contribution is -2.42. The number of hydrogen-bond donors (Lipinski definition) is 0. The Morgan fingerprint density at radius 2 is 1.92 bits per heavy atom. The number of hydrogen-bond acceptors (Lipinski definition) is 6. The second-order valence-electron chi connectivity index (χ2n) is 9.96. The van der Waals surface area contributed by atoms with Crippen LogP contribution in [0.5, 0.6) is 0 Å². The number of carbonyl (C=O) groups is 1. The van der Waals surface area contributed by atoms with Crippen molar-refractivity contribution in [2.75, 3.05) is 24.6 Å². The Bertz CT molecular complexity index is 1360. The predicted molar refractivity (Wildman–Crippen MR) is 143 cm³/mol. The van der Waals surface area contributed by atoms with Gasteiger partial charge in [-0.2, -0.15) is 4.31 Å². The van der Waals surface area contributed by atoms with E-state index in [2.05, 4.69) is 19.1 Å². The van der Waals surface area contributed by atoms with E-state index in [9.17, 15) is 13.2 Å². The fourth-order valence-electron chi connectivity index (χ4n) is 5.20. The highest BCUT2D eigenvalue weighted by Gasteiger charge is 2.32. The van der Waals surface area contributed by atoms with Crippen LogP contribution < -0.4 is 4.90 Å². The second-order valence-corrected chi connectivity index (χ2v) is 12.9. The molecule has 2 aliphatic heterocycles.